The smallest absolute Gasteiger partial charge is 0.325 e. The van der Waals surface area contributed by atoms with Crippen molar-refractivity contribution in [2.75, 3.05) is 20.2 Å². The topological polar surface area (TPSA) is 46.6 Å². The molecule has 1 aromatic rings. The SMILES string of the molecule is CCN(CC(=O)OC)C(=O)CC(C)c1ccc(Br)cc1. The second-order valence-electron chi connectivity index (χ2n) is 4.64. The molecular weight excluding hydrogens is 322 g/mol. The maximum absolute atomic E-state index is 12.2. The van der Waals surface area contributed by atoms with Crippen molar-refractivity contribution in [3.05, 3.63) is 34.3 Å². The molecule has 0 N–H and O–H groups in total. The van der Waals surface area contributed by atoms with Gasteiger partial charge in [-0.2, -0.15) is 0 Å². The maximum Gasteiger partial charge on any atom is 0.325 e. The van der Waals surface area contributed by atoms with Crippen LogP contribution in [0, 0.1) is 0 Å². The van der Waals surface area contributed by atoms with Gasteiger partial charge >= 0.3 is 5.97 Å². The number of carbonyl (C=O) groups excluding carboxylic acids is 2. The molecule has 20 heavy (non-hydrogen) atoms. The summed E-state index contributed by atoms with van der Waals surface area (Å²) in [4.78, 5) is 25.0. The van der Waals surface area contributed by atoms with Gasteiger partial charge in [0.2, 0.25) is 5.91 Å². The molecule has 0 aliphatic heterocycles. The summed E-state index contributed by atoms with van der Waals surface area (Å²) < 4.78 is 5.61. The summed E-state index contributed by atoms with van der Waals surface area (Å²) in [5.41, 5.74) is 1.11. The lowest BCUT2D eigenvalue weighted by molar-refractivity contribution is -0.147. The first-order valence-corrected chi connectivity index (χ1v) is 7.37. The molecule has 0 radical (unpaired) electrons. The molecular formula is C15H20BrNO3. The van der Waals surface area contributed by atoms with E-state index >= 15 is 0 Å². The van der Waals surface area contributed by atoms with Crippen molar-refractivity contribution >= 4 is 27.8 Å². The van der Waals surface area contributed by atoms with E-state index in [1.807, 2.05) is 38.1 Å². The predicted octanol–water partition coefficient (Wildman–Crippen LogP) is 2.96. The van der Waals surface area contributed by atoms with Gasteiger partial charge in [0.1, 0.15) is 6.54 Å². The fraction of sp³-hybridized carbons (Fsp3) is 0.467. The molecule has 0 aliphatic carbocycles. The summed E-state index contributed by atoms with van der Waals surface area (Å²) in [6.45, 7) is 4.37. The Balaban J connectivity index is 2.63. The molecule has 110 valence electrons. The van der Waals surface area contributed by atoms with Crippen molar-refractivity contribution in [2.24, 2.45) is 0 Å². The fourth-order valence-electron chi connectivity index (χ4n) is 1.90. The highest BCUT2D eigenvalue weighted by Gasteiger charge is 2.19. The Kier molecular flexibility index (Phi) is 6.71. The molecule has 1 atom stereocenters. The van der Waals surface area contributed by atoms with Gasteiger partial charge in [0, 0.05) is 17.4 Å². The lowest BCUT2D eigenvalue weighted by atomic mass is 9.97. The summed E-state index contributed by atoms with van der Waals surface area (Å²) in [7, 11) is 1.32. The minimum atomic E-state index is -0.392. The highest BCUT2D eigenvalue weighted by atomic mass is 79.9. The van der Waals surface area contributed by atoms with Crippen LogP contribution < -0.4 is 0 Å². The van der Waals surface area contributed by atoms with E-state index in [1.165, 1.54) is 12.0 Å². The lowest BCUT2D eigenvalue weighted by Gasteiger charge is -2.21. The zero-order chi connectivity index (χ0) is 15.1. The summed E-state index contributed by atoms with van der Waals surface area (Å²) in [5.74, 6) is -0.313. The molecule has 0 fully saturated rings. The van der Waals surface area contributed by atoms with Crippen LogP contribution in [0.15, 0.2) is 28.7 Å². The number of ether oxygens (including phenoxy) is 1. The van der Waals surface area contributed by atoms with Gasteiger partial charge < -0.3 is 9.64 Å². The number of methoxy groups -OCH3 is 1. The van der Waals surface area contributed by atoms with Crippen LogP contribution in [-0.4, -0.2) is 37.0 Å². The minimum absolute atomic E-state index is 0.0128. The Hall–Kier alpha value is -1.36. The highest BCUT2D eigenvalue weighted by Crippen LogP contribution is 2.22. The Labute approximate surface area is 128 Å². The zero-order valence-electron chi connectivity index (χ0n) is 12.1. The number of likely N-dealkylation sites (N-methyl/N-ethyl adjacent to an activating group) is 1. The standard InChI is InChI=1S/C15H20BrNO3/c1-4-17(10-15(19)20-3)14(18)9-11(2)12-5-7-13(16)8-6-12/h5-8,11H,4,9-10H2,1-3H3. The van der Waals surface area contributed by atoms with Crippen molar-refractivity contribution < 1.29 is 14.3 Å². The van der Waals surface area contributed by atoms with Crippen LogP contribution in [0.1, 0.15) is 31.7 Å². The third-order valence-electron chi connectivity index (χ3n) is 3.20. The summed E-state index contributed by atoms with van der Waals surface area (Å²) in [6.07, 6.45) is 0.381. The molecule has 0 aromatic heterocycles. The molecule has 0 saturated carbocycles. The number of esters is 1. The van der Waals surface area contributed by atoms with Crippen LogP contribution in [0.2, 0.25) is 0 Å². The number of benzene rings is 1. The number of hydrogen-bond donors (Lipinski definition) is 0. The van der Waals surface area contributed by atoms with Gasteiger partial charge in [-0.3, -0.25) is 9.59 Å². The van der Waals surface area contributed by atoms with Crippen molar-refractivity contribution in [3.8, 4) is 0 Å². The first-order valence-electron chi connectivity index (χ1n) is 6.58. The van der Waals surface area contributed by atoms with Gasteiger partial charge in [0.25, 0.3) is 0 Å². The van der Waals surface area contributed by atoms with E-state index in [9.17, 15) is 9.59 Å². The van der Waals surface area contributed by atoms with Gasteiger partial charge in [0.15, 0.2) is 0 Å². The second-order valence-corrected chi connectivity index (χ2v) is 5.56. The van der Waals surface area contributed by atoms with Crippen LogP contribution in [0.5, 0.6) is 0 Å². The van der Waals surface area contributed by atoms with Crippen LogP contribution in [0.25, 0.3) is 0 Å². The van der Waals surface area contributed by atoms with E-state index in [0.717, 1.165) is 10.0 Å². The molecule has 0 heterocycles. The first-order chi connectivity index (χ1) is 9.47. The Morgan fingerprint density at radius 2 is 1.90 bits per heavy atom. The number of carbonyl (C=O) groups is 2. The number of hydrogen-bond acceptors (Lipinski definition) is 3. The quantitative estimate of drug-likeness (QED) is 0.747. The van der Waals surface area contributed by atoms with Crippen molar-refractivity contribution in [3.63, 3.8) is 0 Å². The lowest BCUT2D eigenvalue weighted by Crippen LogP contribution is -2.36. The predicted molar refractivity (Wildman–Crippen MR) is 81.4 cm³/mol. The monoisotopic (exact) mass is 341 g/mol. The molecule has 1 rings (SSSR count). The Morgan fingerprint density at radius 3 is 2.40 bits per heavy atom. The largest absolute Gasteiger partial charge is 0.468 e. The highest BCUT2D eigenvalue weighted by molar-refractivity contribution is 9.10. The molecule has 0 saturated heterocycles. The molecule has 0 aliphatic rings. The molecule has 1 unspecified atom stereocenters. The van der Waals surface area contributed by atoms with Crippen LogP contribution in [0.4, 0.5) is 0 Å². The minimum Gasteiger partial charge on any atom is -0.468 e. The van der Waals surface area contributed by atoms with Gasteiger partial charge in [-0.1, -0.05) is 35.0 Å². The zero-order valence-corrected chi connectivity index (χ0v) is 13.6. The molecule has 4 nitrogen and oxygen atoms in total. The van der Waals surface area contributed by atoms with Gasteiger partial charge in [-0.05, 0) is 30.5 Å². The third kappa shape index (κ3) is 4.96. The van der Waals surface area contributed by atoms with E-state index < -0.39 is 5.97 Å². The first kappa shape index (κ1) is 16.7. The summed E-state index contributed by atoms with van der Waals surface area (Å²) >= 11 is 3.39. The van der Waals surface area contributed by atoms with E-state index in [-0.39, 0.29) is 18.4 Å². The van der Waals surface area contributed by atoms with Crippen LogP contribution >= 0.6 is 15.9 Å². The van der Waals surface area contributed by atoms with E-state index in [4.69, 9.17) is 0 Å². The number of rotatable bonds is 6. The van der Waals surface area contributed by atoms with Crippen LogP contribution in [0.3, 0.4) is 0 Å². The van der Waals surface area contributed by atoms with Gasteiger partial charge in [0.05, 0.1) is 7.11 Å². The average molecular weight is 342 g/mol. The van der Waals surface area contributed by atoms with Crippen molar-refractivity contribution in [1.29, 1.82) is 0 Å². The van der Waals surface area contributed by atoms with E-state index in [0.29, 0.717) is 13.0 Å². The van der Waals surface area contributed by atoms with E-state index in [1.54, 1.807) is 0 Å². The normalized spacial score (nSPS) is 11.8. The van der Waals surface area contributed by atoms with Gasteiger partial charge in [-0.15, -0.1) is 0 Å². The van der Waals surface area contributed by atoms with Crippen molar-refractivity contribution in [1.82, 2.24) is 4.90 Å². The summed E-state index contributed by atoms with van der Waals surface area (Å²) in [5, 5.41) is 0. The molecule has 0 spiro atoms. The van der Waals surface area contributed by atoms with Crippen LogP contribution in [-0.2, 0) is 14.3 Å². The number of halogens is 1. The Bertz CT molecular complexity index is 459. The number of nitrogens with zero attached hydrogens (tertiary/aromatic N) is 1. The van der Waals surface area contributed by atoms with Gasteiger partial charge in [-0.25, -0.2) is 0 Å². The third-order valence-corrected chi connectivity index (χ3v) is 3.73. The average Bonchev–Trinajstić information content (AvgIpc) is 2.44. The molecule has 1 aromatic carbocycles. The number of amides is 1. The summed E-state index contributed by atoms with van der Waals surface area (Å²) in [6, 6.07) is 7.92. The maximum atomic E-state index is 12.2. The molecule has 0 bridgehead atoms. The fourth-order valence-corrected chi connectivity index (χ4v) is 2.16. The molecule has 1 amide bonds. The second kappa shape index (κ2) is 8.04. The Morgan fingerprint density at radius 1 is 1.30 bits per heavy atom. The van der Waals surface area contributed by atoms with Crippen molar-refractivity contribution in [2.45, 2.75) is 26.2 Å². The molecule has 5 heteroatoms. The van der Waals surface area contributed by atoms with E-state index in [2.05, 4.69) is 20.7 Å².